The predicted molar refractivity (Wildman–Crippen MR) is 65.6 cm³/mol. The van der Waals surface area contributed by atoms with E-state index in [9.17, 15) is 4.39 Å². The van der Waals surface area contributed by atoms with Crippen LogP contribution in [0.2, 0.25) is 0 Å². The van der Waals surface area contributed by atoms with E-state index in [2.05, 4.69) is 35.1 Å². The lowest BCUT2D eigenvalue weighted by atomic mass is 10.1. The molecule has 1 atom stereocenters. The van der Waals surface area contributed by atoms with Crippen LogP contribution in [0.4, 0.5) is 4.39 Å². The Morgan fingerprint density at radius 2 is 2.20 bits per heavy atom. The van der Waals surface area contributed by atoms with Crippen molar-refractivity contribution < 1.29 is 4.39 Å². The number of hydrogen-bond acceptors (Lipinski definition) is 1. The Bertz CT molecular complexity index is 314. The molecule has 0 aromatic heterocycles. The summed E-state index contributed by atoms with van der Waals surface area (Å²) in [4.78, 5) is 0. The van der Waals surface area contributed by atoms with Gasteiger partial charge in [0, 0.05) is 6.04 Å². The number of benzene rings is 1. The Labute approximate surface area is 99.2 Å². The molecule has 0 heterocycles. The van der Waals surface area contributed by atoms with Gasteiger partial charge in [0.05, 0.1) is 4.47 Å². The molecule has 1 unspecified atom stereocenters. The van der Waals surface area contributed by atoms with E-state index in [-0.39, 0.29) is 5.82 Å². The number of halogens is 2. The molecule has 0 saturated carbocycles. The molecule has 1 N–H and O–H groups in total. The van der Waals surface area contributed by atoms with Gasteiger partial charge in [0.15, 0.2) is 0 Å². The fraction of sp³-hybridized carbons (Fsp3) is 0.500. The van der Waals surface area contributed by atoms with Crippen LogP contribution in [-0.2, 0) is 6.42 Å². The van der Waals surface area contributed by atoms with Crippen molar-refractivity contribution >= 4 is 15.9 Å². The normalized spacial score (nSPS) is 12.8. The second-order valence-corrected chi connectivity index (χ2v) is 4.57. The molecule has 3 heteroatoms. The molecule has 0 spiro atoms. The van der Waals surface area contributed by atoms with Crippen molar-refractivity contribution in [3.8, 4) is 0 Å². The Kier molecular flexibility index (Phi) is 5.26. The van der Waals surface area contributed by atoms with Gasteiger partial charge in [-0.1, -0.05) is 19.1 Å². The number of rotatable bonds is 5. The molecule has 0 bridgehead atoms. The SMILES string of the molecule is CCCNC(C)Cc1cccc(F)c1Br. The van der Waals surface area contributed by atoms with Crippen LogP contribution in [-0.4, -0.2) is 12.6 Å². The van der Waals surface area contributed by atoms with Gasteiger partial charge in [-0.05, 0) is 53.9 Å². The molecule has 1 aromatic rings. The molecular formula is C12H17BrFN. The first-order valence-corrected chi connectivity index (χ1v) is 6.10. The highest BCUT2D eigenvalue weighted by atomic mass is 79.9. The Morgan fingerprint density at radius 1 is 1.47 bits per heavy atom. The summed E-state index contributed by atoms with van der Waals surface area (Å²) in [5.74, 6) is -0.185. The van der Waals surface area contributed by atoms with Crippen LogP contribution in [0.1, 0.15) is 25.8 Å². The molecule has 0 aliphatic rings. The van der Waals surface area contributed by atoms with Gasteiger partial charge in [-0.3, -0.25) is 0 Å². The second-order valence-electron chi connectivity index (χ2n) is 3.77. The first-order chi connectivity index (χ1) is 7.15. The minimum Gasteiger partial charge on any atom is -0.314 e. The lowest BCUT2D eigenvalue weighted by molar-refractivity contribution is 0.539. The van der Waals surface area contributed by atoms with Gasteiger partial charge in [-0.15, -0.1) is 0 Å². The molecule has 0 radical (unpaired) electrons. The van der Waals surface area contributed by atoms with Crippen LogP contribution in [0.25, 0.3) is 0 Å². The van der Waals surface area contributed by atoms with Crippen LogP contribution in [0.3, 0.4) is 0 Å². The molecule has 0 saturated heterocycles. The van der Waals surface area contributed by atoms with Crippen molar-refractivity contribution in [3.63, 3.8) is 0 Å². The van der Waals surface area contributed by atoms with E-state index < -0.39 is 0 Å². The van der Waals surface area contributed by atoms with Gasteiger partial charge in [0.1, 0.15) is 5.82 Å². The van der Waals surface area contributed by atoms with Gasteiger partial charge in [0.25, 0.3) is 0 Å². The monoisotopic (exact) mass is 273 g/mol. The fourth-order valence-electron chi connectivity index (χ4n) is 1.50. The summed E-state index contributed by atoms with van der Waals surface area (Å²) in [5, 5.41) is 3.38. The standard InChI is InChI=1S/C12H17BrFN/c1-3-7-15-9(2)8-10-5-4-6-11(14)12(10)13/h4-6,9,15H,3,7-8H2,1-2H3. The van der Waals surface area contributed by atoms with E-state index in [0.717, 1.165) is 24.9 Å². The summed E-state index contributed by atoms with van der Waals surface area (Å²) >= 11 is 3.27. The Morgan fingerprint density at radius 3 is 2.87 bits per heavy atom. The second kappa shape index (κ2) is 6.23. The van der Waals surface area contributed by atoms with Gasteiger partial charge < -0.3 is 5.32 Å². The molecule has 0 aliphatic carbocycles. The third kappa shape index (κ3) is 3.92. The minimum atomic E-state index is -0.185. The van der Waals surface area contributed by atoms with E-state index in [4.69, 9.17) is 0 Å². The Balaban J connectivity index is 2.60. The van der Waals surface area contributed by atoms with E-state index >= 15 is 0 Å². The van der Waals surface area contributed by atoms with Crippen LogP contribution < -0.4 is 5.32 Å². The smallest absolute Gasteiger partial charge is 0.137 e. The third-order valence-electron chi connectivity index (χ3n) is 2.30. The summed E-state index contributed by atoms with van der Waals surface area (Å²) in [5.41, 5.74) is 1.02. The van der Waals surface area contributed by atoms with E-state index in [1.807, 2.05) is 6.07 Å². The number of hydrogen-bond donors (Lipinski definition) is 1. The van der Waals surface area contributed by atoms with Crippen molar-refractivity contribution in [1.82, 2.24) is 5.32 Å². The van der Waals surface area contributed by atoms with Crippen molar-refractivity contribution in [2.45, 2.75) is 32.7 Å². The maximum absolute atomic E-state index is 13.2. The van der Waals surface area contributed by atoms with Gasteiger partial charge >= 0.3 is 0 Å². The van der Waals surface area contributed by atoms with Crippen LogP contribution in [0.15, 0.2) is 22.7 Å². The first-order valence-electron chi connectivity index (χ1n) is 5.31. The zero-order valence-corrected chi connectivity index (χ0v) is 10.8. The molecule has 15 heavy (non-hydrogen) atoms. The average Bonchev–Trinajstić information content (AvgIpc) is 2.22. The van der Waals surface area contributed by atoms with Crippen molar-refractivity contribution in [1.29, 1.82) is 0 Å². The predicted octanol–water partition coefficient (Wildman–Crippen LogP) is 3.52. The third-order valence-corrected chi connectivity index (χ3v) is 3.19. The van der Waals surface area contributed by atoms with E-state index in [1.54, 1.807) is 6.07 Å². The van der Waals surface area contributed by atoms with Crippen molar-refractivity contribution in [2.24, 2.45) is 0 Å². The summed E-state index contributed by atoms with van der Waals surface area (Å²) in [6.45, 7) is 5.26. The first kappa shape index (κ1) is 12.7. The molecule has 0 aliphatic heterocycles. The molecule has 1 aromatic carbocycles. The Hall–Kier alpha value is -0.410. The minimum absolute atomic E-state index is 0.185. The molecule has 1 nitrogen and oxygen atoms in total. The molecular weight excluding hydrogens is 257 g/mol. The highest BCUT2D eigenvalue weighted by Crippen LogP contribution is 2.21. The number of nitrogens with one attached hydrogen (secondary N) is 1. The molecule has 0 amide bonds. The van der Waals surface area contributed by atoms with E-state index in [0.29, 0.717) is 10.5 Å². The maximum atomic E-state index is 13.2. The van der Waals surface area contributed by atoms with Crippen molar-refractivity contribution in [2.75, 3.05) is 6.54 Å². The highest BCUT2D eigenvalue weighted by molar-refractivity contribution is 9.10. The van der Waals surface area contributed by atoms with Gasteiger partial charge in [0.2, 0.25) is 0 Å². The van der Waals surface area contributed by atoms with Crippen LogP contribution in [0.5, 0.6) is 0 Å². The van der Waals surface area contributed by atoms with E-state index in [1.165, 1.54) is 6.07 Å². The topological polar surface area (TPSA) is 12.0 Å². The summed E-state index contributed by atoms with van der Waals surface area (Å²) in [7, 11) is 0. The summed E-state index contributed by atoms with van der Waals surface area (Å²) in [6, 6.07) is 5.56. The quantitative estimate of drug-likeness (QED) is 0.866. The van der Waals surface area contributed by atoms with Gasteiger partial charge in [-0.2, -0.15) is 0 Å². The zero-order valence-electron chi connectivity index (χ0n) is 9.19. The zero-order chi connectivity index (χ0) is 11.3. The van der Waals surface area contributed by atoms with Gasteiger partial charge in [-0.25, -0.2) is 4.39 Å². The molecule has 84 valence electrons. The van der Waals surface area contributed by atoms with Crippen LogP contribution in [0, 0.1) is 5.82 Å². The van der Waals surface area contributed by atoms with Crippen LogP contribution >= 0.6 is 15.9 Å². The lowest BCUT2D eigenvalue weighted by Crippen LogP contribution is -2.28. The highest BCUT2D eigenvalue weighted by Gasteiger charge is 2.08. The average molecular weight is 274 g/mol. The summed E-state index contributed by atoms with van der Waals surface area (Å²) in [6.07, 6.45) is 1.97. The molecule has 0 fully saturated rings. The largest absolute Gasteiger partial charge is 0.314 e. The lowest BCUT2D eigenvalue weighted by Gasteiger charge is -2.14. The maximum Gasteiger partial charge on any atom is 0.137 e. The van der Waals surface area contributed by atoms with Crippen molar-refractivity contribution in [3.05, 3.63) is 34.1 Å². The summed E-state index contributed by atoms with van der Waals surface area (Å²) < 4.78 is 13.8. The fourth-order valence-corrected chi connectivity index (χ4v) is 1.93. The molecule has 1 rings (SSSR count).